The van der Waals surface area contributed by atoms with Gasteiger partial charge in [-0.3, -0.25) is 4.90 Å². The topological polar surface area (TPSA) is 43.2 Å². The third kappa shape index (κ3) is 3.66. The molecule has 0 radical (unpaired) electrons. The summed E-state index contributed by atoms with van der Waals surface area (Å²) in [7, 11) is 0. The minimum absolute atomic E-state index is 0.217. The standard InChI is InChI=1S/C20H21FN4O/c1-15-6-8-16(9-7-15)12-24-10-11-26-20(24)19-14-25(23-22-19)13-17-4-2-3-5-18(17)21/h2-9,14,20H,10-13H2,1H3/t20-/m0/s1. The normalized spacial score (nSPS) is 17.7. The van der Waals surface area contributed by atoms with Crippen molar-refractivity contribution in [2.75, 3.05) is 13.2 Å². The predicted molar refractivity (Wildman–Crippen MR) is 95.8 cm³/mol. The molecule has 1 aromatic heterocycles. The smallest absolute Gasteiger partial charge is 0.157 e. The van der Waals surface area contributed by atoms with E-state index < -0.39 is 0 Å². The van der Waals surface area contributed by atoms with E-state index >= 15 is 0 Å². The van der Waals surface area contributed by atoms with Crippen molar-refractivity contribution >= 4 is 0 Å². The van der Waals surface area contributed by atoms with Crippen LogP contribution in [0.1, 0.15) is 28.6 Å². The maximum absolute atomic E-state index is 13.8. The van der Waals surface area contributed by atoms with Crippen molar-refractivity contribution in [1.29, 1.82) is 0 Å². The molecule has 3 aromatic rings. The van der Waals surface area contributed by atoms with E-state index in [4.69, 9.17) is 4.74 Å². The Hall–Kier alpha value is -2.57. The van der Waals surface area contributed by atoms with E-state index in [0.717, 1.165) is 18.8 Å². The van der Waals surface area contributed by atoms with Gasteiger partial charge in [-0.15, -0.1) is 5.10 Å². The second-order valence-corrected chi connectivity index (χ2v) is 6.61. The van der Waals surface area contributed by atoms with Gasteiger partial charge in [-0.25, -0.2) is 9.07 Å². The zero-order chi connectivity index (χ0) is 17.9. The summed E-state index contributed by atoms with van der Waals surface area (Å²) in [5, 5.41) is 8.40. The molecule has 6 heteroatoms. The van der Waals surface area contributed by atoms with Crippen molar-refractivity contribution in [2.24, 2.45) is 0 Å². The summed E-state index contributed by atoms with van der Waals surface area (Å²) in [4.78, 5) is 2.24. The highest BCUT2D eigenvalue weighted by molar-refractivity contribution is 5.21. The lowest BCUT2D eigenvalue weighted by Crippen LogP contribution is -2.23. The van der Waals surface area contributed by atoms with Crippen LogP contribution < -0.4 is 0 Å². The molecule has 0 amide bonds. The van der Waals surface area contributed by atoms with Gasteiger partial charge < -0.3 is 4.74 Å². The lowest BCUT2D eigenvalue weighted by molar-refractivity contribution is 0.0252. The second-order valence-electron chi connectivity index (χ2n) is 6.61. The Morgan fingerprint density at radius 2 is 1.92 bits per heavy atom. The average molecular weight is 352 g/mol. The fourth-order valence-electron chi connectivity index (χ4n) is 3.17. The summed E-state index contributed by atoms with van der Waals surface area (Å²) in [6.45, 7) is 4.74. The Morgan fingerprint density at radius 1 is 1.12 bits per heavy atom. The van der Waals surface area contributed by atoms with Crippen molar-refractivity contribution in [3.05, 3.63) is 82.9 Å². The van der Waals surface area contributed by atoms with Gasteiger partial charge in [-0.2, -0.15) is 0 Å². The number of halogens is 1. The van der Waals surface area contributed by atoms with Crippen LogP contribution in [0, 0.1) is 12.7 Å². The van der Waals surface area contributed by atoms with Crippen LogP contribution in [0.25, 0.3) is 0 Å². The molecule has 5 nitrogen and oxygen atoms in total. The van der Waals surface area contributed by atoms with Crippen molar-refractivity contribution in [1.82, 2.24) is 19.9 Å². The van der Waals surface area contributed by atoms with E-state index in [2.05, 4.69) is 46.4 Å². The fourth-order valence-corrected chi connectivity index (χ4v) is 3.17. The molecule has 0 bridgehead atoms. The molecule has 1 fully saturated rings. The third-order valence-electron chi connectivity index (χ3n) is 4.59. The summed E-state index contributed by atoms with van der Waals surface area (Å²) in [6.07, 6.45) is 1.62. The highest BCUT2D eigenvalue weighted by Gasteiger charge is 2.29. The molecule has 1 aliphatic rings. The number of hydrogen-bond donors (Lipinski definition) is 0. The van der Waals surface area contributed by atoms with E-state index in [1.165, 1.54) is 17.2 Å². The number of benzene rings is 2. The van der Waals surface area contributed by atoms with Crippen molar-refractivity contribution < 1.29 is 9.13 Å². The van der Waals surface area contributed by atoms with Gasteiger partial charge in [0.1, 0.15) is 11.5 Å². The number of nitrogens with zero attached hydrogens (tertiary/aromatic N) is 4. The monoisotopic (exact) mass is 352 g/mol. The van der Waals surface area contributed by atoms with Gasteiger partial charge in [0.25, 0.3) is 0 Å². The van der Waals surface area contributed by atoms with E-state index in [1.807, 2.05) is 12.3 Å². The van der Waals surface area contributed by atoms with Gasteiger partial charge in [0, 0.05) is 18.7 Å². The molecule has 0 saturated carbocycles. The van der Waals surface area contributed by atoms with Gasteiger partial charge in [-0.05, 0) is 18.6 Å². The van der Waals surface area contributed by atoms with Crippen LogP contribution in [0.2, 0.25) is 0 Å². The number of hydrogen-bond acceptors (Lipinski definition) is 4. The van der Waals surface area contributed by atoms with Gasteiger partial charge in [-0.1, -0.05) is 53.2 Å². The lowest BCUT2D eigenvalue weighted by atomic mass is 10.1. The molecule has 134 valence electrons. The van der Waals surface area contributed by atoms with E-state index in [1.54, 1.807) is 16.8 Å². The van der Waals surface area contributed by atoms with E-state index in [0.29, 0.717) is 18.7 Å². The summed E-state index contributed by atoms with van der Waals surface area (Å²) in [5.74, 6) is -0.234. The molecule has 0 aliphatic carbocycles. The van der Waals surface area contributed by atoms with E-state index in [9.17, 15) is 4.39 Å². The highest BCUT2D eigenvalue weighted by Crippen LogP contribution is 2.27. The van der Waals surface area contributed by atoms with Crippen LogP contribution in [0.3, 0.4) is 0 Å². The maximum atomic E-state index is 13.8. The third-order valence-corrected chi connectivity index (χ3v) is 4.59. The number of aryl methyl sites for hydroxylation is 1. The molecule has 2 heterocycles. The van der Waals surface area contributed by atoms with Crippen molar-refractivity contribution in [2.45, 2.75) is 26.2 Å². The summed E-state index contributed by atoms with van der Waals surface area (Å²) in [5.41, 5.74) is 3.84. The molecule has 1 saturated heterocycles. The molecular weight excluding hydrogens is 331 g/mol. The maximum Gasteiger partial charge on any atom is 0.157 e. The lowest BCUT2D eigenvalue weighted by Gasteiger charge is -2.21. The first-order valence-electron chi connectivity index (χ1n) is 8.74. The molecule has 4 rings (SSSR count). The molecule has 0 spiro atoms. The minimum atomic E-state index is -0.234. The van der Waals surface area contributed by atoms with Crippen LogP contribution in [0.5, 0.6) is 0 Å². The van der Waals surface area contributed by atoms with Crippen LogP contribution in [-0.2, 0) is 17.8 Å². The van der Waals surface area contributed by atoms with Gasteiger partial charge >= 0.3 is 0 Å². The first-order valence-corrected chi connectivity index (χ1v) is 8.74. The Morgan fingerprint density at radius 3 is 2.73 bits per heavy atom. The number of ether oxygens (including phenoxy) is 1. The van der Waals surface area contributed by atoms with Gasteiger partial charge in [0.15, 0.2) is 6.23 Å². The second kappa shape index (κ2) is 7.35. The van der Waals surface area contributed by atoms with Gasteiger partial charge in [0.2, 0.25) is 0 Å². The molecule has 1 atom stereocenters. The summed E-state index contributed by atoms with van der Waals surface area (Å²) >= 11 is 0. The first-order chi connectivity index (χ1) is 12.7. The molecule has 1 aliphatic heterocycles. The highest BCUT2D eigenvalue weighted by atomic mass is 19.1. The predicted octanol–water partition coefficient (Wildman–Crippen LogP) is 3.30. The van der Waals surface area contributed by atoms with Crippen LogP contribution in [-0.4, -0.2) is 33.0 Å². The van der Waals surface area contributed by atoms with Gasteiger partial charge in [0.05, 0.1) is 19.3 Å². The van der Waals surface area contributed by atoms with Crippen molar-refractivity contribution in [3.63, 3.8) is 0 Å². The first kappa shape index (κ1) is 16.9. The van der Waals surface area contributed by atoms with Crippen LogP contribution >= 0.6 is 0 Å². The zero-order valence-corrected chi connectivity index (χ0v) is 14.7. The summed E-state index contributed by atoms with van der Waals surface area (Å²) in [6, 6.07) is 15.2. The Kier molecular flexibility index (Phi) is 4.77. The van der Waals surface area contributed by atoms with Crippen LogP contribution in [0.4, 0.5) is 4.39 Å². The van der Waals surface area contributed by atoms with Crippen molar-refractivity contribution in [3.8, 4) is 0 Å². The minimum Gasteiger partial charge on any atom is -0.356 e. The Balaban J connectivity index is 1.47. The average Bonchev–Trinajstić information content (AvgIpc) is 3.28. The quantitative estimate of drug-likeness (QED) is 0.707. The Labute approximate surface area is 152 Å². The molecule has 0 unspecified atom stereocenters. The number of rotatable bonds is 5. The molecule has 0 N–H and O–H groups in total. The molecule has 2 aromatic carbocycles. The Bertz CT molecular complexity index is 878. The molecular formula is C20H21FN4O. The summed E-state index contributed by atoms with van der Waals surface area (Å²) < 4.78 is 21.3. The van der Waals surface area contributed by atoms with E-state index in [-0.39, 0.29) is 12.0 Å². The zero-order valence-electron chi connectivity index (χ0n) is 14.7. The molecule has 26 heavy (non-hydrogen) atoms. The fraction of sp³-hybridized carbons (Fsp3) is 0.300. The van der Waals surface area contributed by atoms with Crippen LogP contribution in [0.15, 0.2) is 54.7 Å². The number of aromatic nitrogens is 3. The largest absolute Gasteiger partial charge is 0.356 e. The SMILES string of the molecule is Cc1ccc(CN2CCO[C@H]2c2cn(Cc3ccccc3F)nn2)cc1.